The number of allylic oxidation sites excluding steroid dienone is 2. The van der Waals surface area contributed by atoms with Gasteiger partial charge in [-0.3, -0.25) is 9.78 Å². The van der Waals surface area contributed by atoms with Crippen molar-refractivity contribution >= 4 is 51.1 Å². The number of H-pyrrole nitrogens is 2. The van der Waals surface area contributed by atoms with Crippen molar-refractivity contribution in [2.75, 3.05) is 7.11 Å². The summed E-state index contributed by atoms with van der Waals surface area (Å²) in [4.78, 5) is 55.8. The van der Waals surface area contributed by atoms with Crippen molar-refractivity contribution in [3.8, 4) is 0 Å². The second-order valence-electron chi connectivity index (χ2n) is 11.6. The molecular formula is C34H36N4O5. The van der Waals surface area contributed by atoms with E-state index in [1.54, 1.807) is 0 Å². The van der Waals surface area contributed by atoms with Gasteiger partial charge in [-0.2, -0.15) is 0 Å². The van der Waals surface area contributed by atoms with Gasteiger partial charge in [0, 0.05) is 40.5 Å². The number of cyclic esters (lactones) is 2. The van der Waals surface area contributed by atoms with Crippen molar-refractivity contribution in [2.24, 2.45) is 0 Å². The number of aryl methyl sites for hydroxylation is 3. The normalized spacial score (nSPS) is 17.8. The molecule has 0 saturated heterocycles. The number of rotatable bonds is 5. The number of esters is 3. The molecule has 3 aliphatic rings. The number of aromatic amines is 2. The molecule has 0 radical (unpaired) electrons. The summed E-state index contributed by atoms with van der Waals surface area (Å²) in [6.07, 6.45) is 2.21. The van der Waals surface area contributed by atoms with Gasteiger partial charge in [0.15, 0.2) is 0 Å². The molecule has 0 amide bonds. The second-order valence-corrected chi connectivity index (χ2v) is 11.6. The highest BCUT2D eigenvalue weighted by atomic mass is 16.6. The fourth-order valence-corrected chi connectivity index (χ4v) is 6.81. The molecule has 8 bridgehead atoms. The third kappa shape index (κ3) is 4.49. The summed E-state index contributed by atoms with van der Waals surface area (Å²) in [5.41, 5.74) is 11.8. The van der Waals surface area contributed by atoms with E-state index < -0.39 is 11.9 Å². The minimum Gasteiger partial charge on any atom is -0.469 e. The molecule has 0 spiro atoms. The number of carbonyl (C=O) groups excluding carboxylic acids is 3. The number of methoxy groups -OCH3 is 1. The molecule has 9 nitrogen and oxygen atoms in total. The molecule has 3 aliphatic heterocycles. The Bertz CT molecular complexity index is 1930. The maximum absolute atomic E-state index is 13.5. The zero-order valence-electron chi connectivity index (χ0n) is 25.7. The van der Waals surface area contributed by atoms with Crippen LogP contribution in [0.15, 0.2) is 18.2 Å². The smallest absolute Gasteiger partial charge is 0.350 e. The van der Waals surface area contributed by atoms with Gasteiger partial charge >= 0.3 is 17.9 Å². The van der Waals surface area contributed by atoms with E-state index in [9.17, 15) is 14.4 Å². The van der Waals surface area contributed by atoms with Gasteiger partial charge in [-0.15, -0.1) is 0 Å². The number of hydrogen-bond acceptors (Lipinski definition) is 7. The van der Waals surface area contributed by atoms with Gasteiger partial charge in [0.1, 0.15) is 5.56 Å². The van der Waals surface area contributed by atoms with Gasteiger partial charge in [0.2, 0.25) is 0 Å². The minimum atomic E-state index is -0.748. The minimum absolute atomic E-state index is 0.118. The Kier molecular flexibility index (Phi) is 7.07. The van der Waals surface area contributed by atoms with E-state index >= 15 is 0 Å². The van der Waals surface area contributed by atoms with E-state index in [1.165, 1.54) is 12.7 Å². The van der Waals surface area contributed by atoms with E-state index in [2.05, 4.69) is 50.7 Å². The SMILES string of the molecule is CCC1=C(C)c2cc3[nH]c(cc4nc(c5c6[nH]c(cc1n2)c(C)c6C(=O)OC5=O)C(CCC(=O)OC)C4C)c(C)c3CC. The lowest BCUT2D eigenvalue weighted by Crippen LogP contribution is -2.21. The molecule has 43 heavy (non-hydrogen) atoms. The Balaban J connectivity index is 1.79. The lowest BCUT2D eigenvalue weighted by Gasteiger charge is -2.18. The second kappa shape index (κ2) is 10.6. The molecule has 2 atom stereocenters. The Hall–Kier alpha value is -4.53. The van der Waals surface area contributed by atoms with Gasteiger partial charge in [-0.1, -0.05) is 20.8 Å². The lowest BCUT2D eigenvalue weighted by molar-refractivity contribution is -0.140. The number of carbonyl (C=O) groups is 3. The zero-order chi connectivity index (χ0) is 30.7. The van der Waals surface area contributed by atoms with Crippen molar-refractivity contribution in [1.29, 1.82) is 0 Å². The van der Waals surface area contributed by atoms with Crippen molar-refractivity contribution in [1.82, 2.24) is 19.9 Å². The number of ether oxygens (including phenoxy) is 2. The van der Waals surface area contributed by atoms with Gasteiger partial charge in [0.05, 0.1) is 35.3 Å². The Labute approximate surface area is 249 Å². The highest BCUT2D eigenvalue weighted by Crippen LogP contribution is 2.44. The van der Waals surface area contributed by atoms with E-state index in [0.29, 0.717) is 34.3 Å². The summed E-state index contributed by atoms with van der Waals surface area (Å²) in [6.45, 7) is 12.3. The number of aromatic nitrogens is 4. The summed E-state index contributed by atoms with van der Waals surface area (Å²) in [5, 5.41) is 0. The topological polar surface area (TPSA) is 127 Å². The van der Waals surface area contributed by atoms with E-state index in [0.717, 1.165) is 57.7 Å². The quantitative estimate of drug-likeness (QED) is 0.246. The van der Waals surface area contributed by atoms with Crippen LogP contribution in [0.3, 0.4) is 0 Å². The summed E-state index contributed by atoms with van der Waals surface area (Å²) >= 11 is 0. The molecule has 3 aromatic rings. The molecule has 0 aliphatic carbocycles. The van der Waals surface area contributed by atoms with Crippen LogP contribution in [-0.2, 0) is 20.7 Å². The monoisotopic (exact) mass is 580 g/mol. The van der Waals surface area contributed by atoms with E-state index in [1.807, 2.05) is 19.1 Å². The summed E-state index contributed by atoms with van der Waals surface area (Å²) in [7, 11) is 1.36. The fourth-order valence-electron chi connectivity index (χ4n) is 6.81. The third-order valence-electron chi connectivity index (χ3n) is 9.35. The maximum Gasteiger partial charge on any atom is 0.350 e. The van der Waals surface area contributed by atoms with E-state index in [4.69, 9.17) is 19.4 Å². The van der Waals surface area contributed by atoms with Crippen LogP contribution in [0.5, 0.6) is 0 Å². The average molecular weight is 581 g/mol. The first-order valence-corrected chi connectivity index (χ1v) is 14.9. The number of nitrogens with one attached hydrogen (secondary N) is 2. The molecule has 2 N–H and O–H groups in total. The van der Waals surface area contributed by atoms with Crippen molar-refractivity contribution in [3.63, 3.8) is 0 Å². The van der Waals surface area contributed by atoms with Crippen LogP contribution in [0.1, 0.15) is 119 Å². The summed E-state index contributed by atoms with van der Waals surface area (Å²) in [5.74, 6) is -2.17. The molecular weight excluding hydrogens is 544 g/mol. The molecule has 0 fully saturated rings. The lowest BCUT2D eigenvalue weighted by atomic mass is 9.85. The van der Waals surface area contributed by atoms with Gasteiger partial charge in [-0.05, 0) is 86.1 Å². The van der Waals surface area contributed by atoms with Crippen LogP contribution < -0.4 is 0 Å². The van der Waals surface area contributed by atoms with Crippen LogP contribution in [0, 0.1) is 13.8 Å². The molecule has 2 unspecified atom stereocenters. The Morgan fingerprint density at radius 2 is 1.60 bits per heavy atom. The van der Waals surface area contributed by atoms with Gasteiger partial charge in [-0.25, -0.2) is 14.6 Å². The zero-order valence-corrected chi connectivity index (χ0v) is 25.7. The van der Waals surface area contributed by atoms with Crippen LogP contribution in [0.2, 0.25) is 0 Å². The predicted molar refractivity (Wildman–Crippen MR) is 165 cm³/mol. The Morgan fingerprint density at radius 3 is 2.30 bits per heavy atom. The van der Waals surface area contributed by atoms with Crippen LogP contribution in [-0.4, -0.2) is 45.0 Å². The third-order valence-corrected chi connectivity index (χ3v) is 9.35. The van der Waals surface area contributed by atoms with Crippen molar-refractivity contribution < 1.29 is 23.9 Å². The molecule has 0 aromatic carbocycles. The first kappa shape index (κ1) is 28.6. The first-order valence-electron chi connectivity index (χ1n) is 14.9. The fraction of sp³-hybridized carbons (Fsp3) is 0.382. The van der Waals surface area contributed by atoms with E-state index in [-0.39, 0.29) is 29.8 Å². The van der Waals surface area contributed by atoms with Crippen LogP contribution in [0.25, 0.3) is 33.2 Å². The Morgan fingerprint density at radius 1 is 0.907 bits per heavy atom. The first-order chi connectivity index (χ1) is 20.6. The standard InChI is InChI=1S/C34H36N4O5/c1-8-19-15(3)22-12-24-17(5)21(10-11-28(39)42-7)31(37-24)30-32-29(33(40)43-34(30)41)18(6)25(38-32)14-27-20(9-2)16(4)23(36-27)13-26(19)35-22/h12-14,17,21,35,38H,8-11H2,1-7H3. The summed E-state index contributed by atoms with van der Waals surface area (Å²) in [6, 6.07) is 6.10. The van der Waals surface area contributed by atoms with Crippen LogP contribution in [0.4, 0.5) is 0 Å². The number of fused-ring (bicyclic) bond motifs is 8. The molecule has 6 rings (SSSR count). The average Bonchev–Trinajstić information content (AvgIpc) is 3.65. The highest BCUT2D eigenvalue weighted by Gasteiger charge is 2.38. The summed E-state index contributed by atoms with van der Waals surface area (Å²) < 4.78 is 10.2. The molecule has 6 heterocycles. The number of hydrogen-bond donors (Lipinski definition) is 2. The molecule has 3 aromatic heterocycles. The largest absolute Gasteiger partial charge is 0.469 e. The van der Waals surface area contributed by atoms with Gasteiger partial charge < -0.3 is 19.4 Å². The predicted octanol–water partition coefficient (Wildman–Crippen LogP) is 6.99. The van der Waals surface area contributed by atoms with Gasteiger partial charge in [0.25, 0.3) is 0 Å². The molecule has 222 valence electrons. The highest BCUT2D eigenvalue weighted by molar-refractivity contribution is 6.18. The van der Waals surface area contributed by atoms with Crippen molar-refractivity contribution in [3.05, 3.63) is 68.8 Å². The van der Waals surface area contributed by atoms with Crippen LogP contribution >= 0.6 is 0 Å². The molecule has 9 heteroatoms. The number of nitrogens with zero attached hydrogens (tertiary/aromatic N) is 2. The molecule has 0 saturated carbocycles. The maximum atomic E-state index is 13.5. The van der Waals surface area contributed by atoms with Crippen molar-refractivity contribution in [2.45, 2.75) is 79.1 Å².